The second-order valence-electron chi connectivity index (χ2n) is 6.25. The maximum atomic E-state index is 12.8. The molecule has 2 aromatic rings. The molecule has 1 fully saturated rings. The first-order valence-corrected chi connectivity index (χ1v) is 9.77. The SMILES string of the molecule is CNC(=O)c1ccc(S(=O)(=O)N2CCC(O)(c3ccccn3)CC2)cc1. The van der Waals surface area contributed by atoms with E-state index in [1.54, 1.807) is 24.4 Å². The molecule has 1 aromatic carbocycles. The van der Waals surface area contributed by atoms with Crippen LogP contribution in [-0.4, -0.2) is 48.9 Å². The van der Waals surface area contributed by atoms with Crippen LogP contribution in [0.25, 0.3) is 0 Å². The zero-order valence-electron chi connectivity index (χ0n) is 14.4. The van der Waals surface area contributed by atoms with Crippen molar-refractivity contribution < 1.29 is 18.3 Å². The van der Waals surface area contributed by atoms with Crippen LogP contribution in [0.1, 0.15) is 28.9 Å². The first-order chi connectivity index (χ1) is 12.4. The molecule has 26 heavy (non-hydrogen) atoms. The fraction of sp³-hybridized carbons (Fsp3) is 0.333. The van der Waals surface area contributed by atoms with Crippen molar-refractivity contribution in [3.8, 4) is 0 Å². The topological polar surface area (TPSA) is 99.6 Å². The van der Waals surface area contributed by atoms with Crippen LogP contribution in [0.2, 0.25) is 0 Å². The van der Waals surface area contributed by atoms with Gasteiger partial charge >= 0.3 is 0 Å². The molecule has 1 aliphatic rings. The largest absolute Gasteiger partial charge is 0.383 e. The summed E-state index contributed by atoms with van der Waals surface area (Å²) in [6, 6.07) is 11.2. The Bertz CT molecular complexity index is 874. The van der Waals surface area contributed by atoms with Crippen molar-refractivity contribution in [1.82, 2.24) is 14.6 Å². The molecule has 0 radical (unpaired) electrons. The molecule has 0 atom stereocenters. The zero-order chi connectivity index (χ0) is 18.8. The monoisotopic (exact) mass is 375 g/mol. The number of carbonyl (C=O) groups excluding carboxylic acids is 1. The Morgan fingerprint density at radius 1 is 1.15 bits per heavy atom. The number of aliphatic hydroxyl groups is 1. The van der Waals surface area contributed by atoms with E-state index >= 15 is 0 Å². The molecule has 1 saturated heterocycles. The van der Waals surface area contributed by atoms with Gasteiger partial charge in [-0.05, 0) is 49.2 Å². The second-order valence-corrected chi connectivity index (χ2v) is 8.19. The van der Waals surface area contributed by atoms with E-state index in [1.165, 1.54) is 35.6 Å². The van der Waals surface area contributed by atoms with Gasteiger partial charge in [-0.1, -0.05) is 6.07 Å². The van der Waals surface area contributed by atoms with Crippen LogP contribution in [0.5, 0.6) is 0 Å². The highest BCUT2D eigenvalue weighted by Gasteiger charge is 2.39. The molecule has 1 aliphatic heterocycles. The summed E-state index contributed by atoms with van der Waals surface area (Å²) in [6.45, 7) is 0.402. The van der Waals surface area contributed by atoms with Gasteiger partial charge in [0.2, 0.25) is 10.0 Å². The van der Waals surface area contributed by atoms with Gasteiger partial charge in [0.1, 0.15) is 5.60 Å². The summed E-state index contributed by atoms with van der Waals surface area (Å²) in [5.41, 5.74) is -0.155. The minimum absolute atomic E-state index is 0.133. The van der Waals surface area contributed by atoms with Gasteiger partial charge in [0.15, 0.2) is 0 Å². The van der Waals surface area contributed by atoms with E-state index in [0.717, 1.165) is 0 Å². The van der Waals surface area contributed by atoms with Gasteiger partial charge in [0.05, 0.1) is 10.6 Å². The summed E-state index contributed by atoms with van der Waals surface area (Å²) in [5, 5.41) is 13.3. The predicted molar refractivity (Wildman–Crippen MR) is 96.0 cm³/mol. The molecule has 7 nitrogen and oxygen atoms in total. The zero-order valence-corrected chi connectivity index (χ0v) is 15.2. The molecule has 0 bridgehead atoms. The molecule has 1 aromatic heterocycles. The van der Waals surface area contributed by atoms with Gasteiger partial charge in [0, 0.05) is 31.9 Å². The first kappa shape index (κ1) is 18.5. The summed E-state index contributed by atoms with van der Waals surface area (Å²) in [6.07, 6.45) is 2.17. The summed E-state index contributed by atoms with van der Waals surface area (Å²) >= 11 is 0. The fourth-order valence-electron chi connectivity index (χ4n) is 3.06. The molecule has 0 aliphatic carbocycles. The Labute approximate surface area is 152 Å². The number of aromatic nitrogens is 1. The lowest BCUT2D eigenvalue weighted by Crippen LogP contribution is -2.45. The van der Waals surface area contributed by atoms with Gasteiger partial charge in [-0.15, -0.1) is 0 Å². The highest BCUT2D eigenvalue weighted by atomic mass is 32.2. The van der Waals surface area contributed by atoms with Crippen LogP contribution >= 0.6 is 0 Å². The predicted octanol–water partition coefficient (Wildman–Crippen LogP) is 1.11. The Hall–Kier alpha value is -2.29. The number of nitrogens with one attached hydrogen (secondary N) is 1. The first-order valence-electron chi connectivity index (χ1n) is 8.33. The summed E-state index contributed by atoms with van der Waals surface area (Å²) < 4.78 is 27.0. The highest BCUT2D eigenvalue weighted by Crippen LogP contribution is 2.33. The third kappa shape index (κ3) is 3.48. The average molecular weight is 375 g/mol. The van der Waals surface area contributed by atoms with Crippen molar-refractivity contribution in [1.29, 1.82) is 0 Å². The van der Waals surface area contributed by atoms with Crippen molar-refractivity contribution in [3.05, 3.63) is 59.9 Å². The van der Waals surface area contributed by atoms with Crippen LogP contribution in [0.15, 0.2) is 53.6 Å². The molecular weight excluding hydrogens is 354 g/mol. The van der Waals surface area contributed by atoms with Crippen molar-refractivity contribution in [2.75, 3.05) is 20.1 Å². The van der Waals surface area contributed by atoms with Gasteiger partial charge < -0.3 is 10.4 Å². The van der Waals surface area contributed by atoms with Crippen LogP contribution in [0, 0.1) is 0 Å². The highest BCUT2D eigenvalue weighted by molar-refractivity contribution is 7.89. The van der Waals surface area contributed by atoms with E-state index in [0.29, 0.717) is 11.3 Å². The number of carbonyl (C=O) groups is 1. The molecule has 3 rings (SSSR count). The number of hydrogen-bond acceptors (Lipinski definition) is 5. The normalized spacial score (nSPS) is 17.6. The van der Waals surface area contributed by atoms with Gasteiger partial charge in [-0.3, -0.25) is 9.78 Å². The number of sulfonamides is 1. The number of rotatable bonds is 4. The lowest BCUT2D eigenvalue weighted by atomic mass is 9.89. The van der Waals surface area contributed by atoms with Crippen LogP contribution < -0.4 is 5.32 Å². The standard InChI is InChI=1S/C18H21N3O4S/c1-19-17(22)14-5-7-15(8-6-14)26(24,25)21-12-9-18(23,10-13-21)16-4-2-3-11-20-16/h2-8,11,23H,9-10,12-13H2,1H3,(H,19,22). The van der Waals surface area contributed by atoms with E-state index in [2.05, 4.69) is 10.3 Å². The Morgan fingerprint density at radius 2 is 1.81 bits per heavy atom. The molecule has 2 heterocycles. The molecule has 8 heteroatoms. The van der Waals surface area contributed by atoms with Gasteiger partial charge in [0.25, 0.3) is 5.91 Å². The third-order valence-electron chi connectivity index (χ3n) is 4.67. The van der Waals surface area contributed by atoms with Crippen molar-refractivity contribution in [2.45, 2.75) is 23.3 Å². The maximum absolute atomic E-state index is 12.8. The number of benzene rings is 1. The average Bonchev–Trinajstić information content (AvgIpc) is 2.68. The van der Waals surface area contributed by atoms with E-state index in [9.17, 15) is 18.3 Å². The second kappa shape index (κ2) is 7.14. The van der Waals surface area contributed by atoms with E-state index < -0.39 is 15.6 Å². The molecule has 138 valence electrons. The Balaban J connectivity index is 1.75. The number of piperidine rings is 1. The summed E-state index contributed by atoms with van der Waals surface area (Å²) in [5.74, 6) is -0.271. The number of nitrogens with zero attached hydrogens (tertiary/aromatic N) is 2. The lowest BCUT2D eigenvalue weighted by Gasteiger charge is -2.37. The number of amides is 1. The number of hydrogen-bond donors (Lipinski definition) is 2. The van der Waals surface area contributed by atoms with Crippen molar-refractivity contribution in [2.24, 2.45) is 0 Å². The van der Waals surface area contributed by atoms with Crippen LogP contribution in [-0.2, 0) is 15.6 Å². The van der Waals surface area contributed by atoms with Crippen LogP contribution in [0.3, 0.4) is 0 Å². The minimum atomic E-state index is -3.67. The lowest BCUT2D eigenvalue weighted by molar-refractivity contribution is -0.0134. The van der Waals surface area contributed by atoms with Crippen molar-refractivity contribution in [3.63, 3.8) is 0 Å². The van der Waals surface area contributed by atoms with E-state index in [1.807, 2.05) is 0 Å². The third-order valence-corrected chi connectivity index (χ3v) is 6.59. The van der Waals surface area contributed by atoms with Gasteiger partial charge in [-0.2, -0.15) is 4.31 Å². The Morgan fingerprint density at radius 3 is 2.35 bits per heavy atom. The van der Waals surface area contributed by atoms with E-state index in [4.69, 9.17) is 0 Å². The van der Waals surface area contributed by atoms with Gasteiger partial charge in [-0.25, -0.2) is 8.42 Å². The van der Waals surface area contributed by atoms with Crippen LogP contribution in [0.4, 0.5) is 0 Å². The molecule has 0 unspecified atom stereocenters. The van der Waals surface area contributed by atoms with E-state index in [-0.39, 0.29) is 36.7 Å². The molecule has 1 amide bonds. The Kier molecular flexibility index (Phi) is 5.08. The van der Waals surface area contributed by atoms with Crippen molar-refractivity contribution >= 4 is 15.9 Å². The molecular formula is C18H21N3O4S. The quantitative estimate of drug-likeness (QED) is 0.834. The maximum Gasteiger partial charge on any atom is 0.251 e. The summed E-state index contributed by atoms with van der Waals surface area (Å²) in [4.78, 5) is 15.9. The minimum Gasteiger partial charge on any atom is -0.383 e. The smallest absolute Gasteiger partial charge is 0.251 e. The summed E-state index contributed by atoms with van der Waals surface area (Å²) in [7, 11) is -2.16. The molecule has 0 spiro atoms. The molecule has 0 saturated carbocycles. The number of pyridine rings is 1. The molecule has 2 N–H and O–H groups in total. The fourth-order valence-corrected chi connectivity index (χ4v) is 4.50.